The molecule has 0 atom stereocenters. The van der Waals surface area contributed by atoms with Crippen molar-refractivity contribution in [2.45, 2.75) is 30.4 Å². The average molecular weight is 493 g/mol. The number of halogens is 3. The van der Waals surface area contributed by atoms with E-state index in [1.165, 1.54) is 19.2 Å². The van der Waals surface area contributed by atoms with Gasteiger partial charge in [-0.3, -0.25) is 0 Å². The van der Waals surface area contributed by atoms with Gasteiger partial charge in [-0.15, -0.1) is 11.8 Å². The summed E-state index contributed by atoms with van der Waals surface area (Å²) in [6, 6.07) is 15.7. The largest absolute Gasteiger partial charge is 0.493 e. The summed E-state index contributed by atoms with van der Waals surface area (Å²) in [5, 5.41) is 8.67. The molecule has 0 saturated carbocycles. The molecule has 0 aliphatic rings. The SMILES string of the molecule is COc1cc(CSc2ccc(OCC(=O)O)cc2)c(C)cc1OCc1ccc(C(F)(F)F)cc1. The Labute approximate surface area is 199 Å². The van der Waals surface area contributed by atoms with Crippen molar-refractivity contribution in [2.24, 2.45) is 0 Å². The predicted octanol–water partition coefficient (Wildman–Crippen LogP) is 6.36. The van der Waals surface area contributed by atoms with Crippen LogP contribution in [0.4, 0.5) is 13.2 Å². The summed E-state index contributed by atoms with van der Waals surface area (Å²) in [7, 11) is 1.53. The maximum atomic E-state index is 12.7. The molecular formula is C25H23F3O5S. The van der Waals surface area contributed by atoms with E-state index in [4.69, 9.17) is 19.3 Å². The van der Waals surface area contributed by atoms with Crippen LogP contribution in [0.15, 0.2) is 65.6 Å². The van der Waals surface area contributed by atoms with Crippen LogP contribution >= 0.6 is 11.8 Å². The van der Waals surface area contributed by atoms with Gasteiger partial charge >= 0.3 is 12.1 Å². The Bertz CT molecular complexity index is 1110. The molecule has 34 heavy (non-hydrogen) atoms. The Hall–Kier alpha value is -3.33. The highest BCUT2D eigenvalue weighted by atomic mass is 32.2. The first-order chi connectivity index (χ1) is 16.2. The minimum Gasteiger partial charge on any atom is -0.493 e. The number of benzene rings is 3. The van der Waals surface area contributed by atoms with Crippen molar-refractivity contribution in [3.05, 3.63) is 82.9 Å². The fourth-order valence-electron chi connectivity index (χ4n) is 3.02. The van der Waals surface area contributed by atoms with Gasteiger partial charge in [-0.2, -0.15) is 13.2 Å². The molecule has 1 N–H and O–H groups in total. The molecule has 3 aromatic carbocycles. The van der Waals surface area contributed by atoms with Crippen LogP contribution in [0.5, 0.6) is 17.2 Å². The fourth-order valence-corrected chi connectivity index (χ4v) is 3.98. The highest BCUT2D eigenvalue weighted by Gasteiger charge is 2.29. The number of rotatable bonds is 10. The first-order valence-electron chi connectivity index (χ1n) is 10.2. The lowest BCUT2D eigenvalue weighted by molar-refractivity contribution is -0.139. The molecule has 0 heterocycles. The van der Waals surface area contributed by atoms with Crippen LogP contribution in [-0.2, 0) is 23.3 Å². The molecule has 3 rings (SSSR count). The smallest absolute Gasteiger partial charge is 0.416 e. The van der Waals surface area contributed by atoms with Crippen molar-refractivity contribution < 1.29 is 37.3 Å². The molecule has 0 fully saturated rings. The lowest BCUT2D eigenvalue weighted by Crippen LogP contribution is -2.09. The number of hydrogen-bond donors (Lipinski definition) is 1. The zero-order valence-electron chi connectivity index (χ0n) is 18.5. The normalized spacial score (nSPS) is 11.2. The Morgan fingerprint density at radius 3 is 2.24 bits per heavy atom. The number of carboxylic acids is 1. The fraction of sp³-hybridized carbons (Fsp3) is 0.240. The minimum atomic E-state index is -4.37. The molecular weight excluding hydrogens is 469 g/mol. The van der Waals surface area contributed by atoms with Crippen molar-refractivity contribution in [1.29, 1.82) is 0 Å². The maximum Gasteiger partial charge on any atom is 0.416 e. The number of carbonyl (C=O) groups is 1. The van der Waals surface area contributed by atoms with E-state index in [1.54, 1.807) is 23.9 Å². The van der Waals surface area contributed by atoms with E-state index in [0.717, 1.165) is 28.2 Å². The molecule has 0 aliphatic heterocycles. The van der Waals surface area contributed by atoms with Gasteiger partial charge in [0, 0.05) is 10.6 Å². The summed E-state index contributed by atoms with van der Waals surface area (Å²) in [6.07, 6.45) is -4.37. The van der Waals surface area contributed by atoms with Gasteiger partial charge in [0.1, 0.15) is 12.4 Å². The molecule has 180 valence electrons. The second-order valence-electron chi connectivity index (χ2n) is 7.36. The van der Waals surface area contributed by atoms with Crippen molar-refractivity contribution in [1.82, 2.24) is 0 Å². The van der Waals surface area contributed by atoms with Crippen LogP contribution in [-0.4, -0.2) is 24.8 Å². The van der Waals surface area contributed by atoms with Gasteiger partial charge in [0.25, 0.3) is 0 Å². The number of carboxylic acid groups (broad SMARTS) is 1. The first kappa shape index (κ1) is 25.3. The maximum absolute atomic E-state index is 12.7. The summed E-state index contributed by atoms with van der Waals surface area (Å²) < 4.78 is 54.6. The van der Waals surface area contributed by atoms with Gasteiger partial charge < -0.3 is 19.3 Å². The zero-order chi connectivity index (χ0) is 24.7. The molecule has 0 amide bonds. The number of thioether (sulfide) groups is 1. The topological polar surface area (TPSA) is 65.0 Å². The molecule has 0 unspecified atom stereocenters. The molecule has 0 saturated heterocycles. The monoisotopic (exact) mass is 492 g/mol. The third-order valence-corrected chi connectivity index (χ3v) is 5.94. The van der Waals surface area contributed by atoms with Gasteiger partial charge in [0.2, 0.25) is 0 Å². The number of alkyl halides is 3. The standard InChI is InChI=1S/C25H23F3O5S/c1-16-11-23(33-13-17-3-5-19(6-4-17)25(26,27)28)22(31-2)12-18(16)15-34-21-9-7-20(8-10-21)32-14-24(29)30/h3-12H,13-15H2,1-2H3,(H,29,30). The third kappa shape index (κ3) is 7.08. The molecule has 9 heteroatoms. The van der Waals surface area contributed by atoms with E-state index >= 15 is 0 Å². The van der Waals surface area contributed by atoms with Crippen molar-refractivity contribution in [3.8, 4) is 17.2 Å². The molecule has 0 radical (unpaired) electrons. The Morgan fingerprint density at radius 1 is 0.971 bits per heavy atom. The summed E-state index contributed by atoms with van der Waals surface area (Å²) in [4.78, 5) is 11.6. The average Bonchev–Trinajstić information content (AvgIpc) is 2.81. The van der Waals surface area contributed by atoms with Crippen molar-refractivity contribution >= 4 is 17.7 Å². The number of ether oxygens (including phenoxy) is 3. The molecule has 5 nitrogen and oxygen atoms in total. The number of methoxy groups -OCH3 is 1. The lowest BCUT2D eigenvalue weighted by atomic mass is 10.1. The zero-order valence-corrected chi connectivity index (χ0v) is 19.3. The second kappa shape index (κ2) is 11.2. The van der Waals surface area contributed by atoms with Crippen molar-refractivity contribution in [3.63, 3.8) is 0 Å². The van der Waals surface area contributed by atoms with Crippen molar-refractivity contribution in [2.75, 3.05) is 13.7 Å². The molecule has 0 aromatic heterocycles. The van der Waals surface area contributed by atoms with Crippen LogP contribution < -0.4 is 14.2 Å². The third-order valence-electron chi connectivity index (χ3n) is 4.88. The number of aryl methyl sites for hydroxylation is 1. The van der Waals surface area contributed by atoms with E-state index < -0.39 is 24.3 Å². The highest BCUT2D eigenvalue weighted by Crippen LogP contribution is 2.35. The van der Waals surface area contributed by atoms with Gasteiger partial charge in [-0.1, -0.05) is 12.1 Å². The van der Waals surface area contributed by atoms with Crippen LogP contribution in [0, 0.1) is 6.92 Å². The van der Waals surface area contributed by atoms with Gasteiger partial charge in [0.15, 0.2) is 18.1 Å². The highest BCUT2D eigenvalue weighted by molar-refractivity contribution is 7.98. The van der Waals surface area contributed by atoms with Crippen LogP contribution in [0.1, 0.15) is 22.3 Å². The molecule has 0 aliphatic carbocycles. The quantitative estimate of drug-likeness (QED) is 0.333. The van der Waals surface area contributed by atoms with Gasteiger partial charge in [-0.25, -0.2) is 4.79 Å². The van der Waals surface area contributed by atoms with Gasteiger partial charge in [-0.05, 0) is 72.1 Å². The van der Waals surface area contributed by atoms with Crippen LogP contribution in [0.25, 0.3) is 0 Å². The minimum absolute atomic E-state index is 0.109. The second-order valence-corrected chi connectivity index (χ2v) is 8.40. The number of aliphatic carboxylic acids is 1. The first-order valence-corrected chi connectivity index (χ1v) is 11.2. The van der Waals surface area contributed by atoms with E-state index in [-0.39, 0.29) is 6.61 Å². The van der Waals surface area contributed by atoms with E-state index in [9.17, 15) is 18.0 Å². The van der Waals surface area contributed by atoms with E-state index in [1.807, 2.05) is 31.2 Å². The summed E-state index contributed by atoms with van der Waals surface area (Å²) in [5.74, 6) is 1.16. The molecule has 3 aromatic rings. The Morgan fingerprint density at radius 2 is 1.65 bits per heavy atom. The van der Waals surface area contributed by atoms with Gasteiger partial charge in [0.05, 0.1) is 12.7 Å². The molecule has 0 bridgehead atoms. The Kier molecular flexibility index (Phi) is 8.33. The summed E-state index contributed by atoms with van der Waals surface area (Å²) in [6.45, 7) is 1.67. The number of hydrogen-bond acceptors (Lipinski definition) is 5. The summed E-state index contributed by atoms with van der Waals surface area (Å²) in [5.41, 5.74) is 1.93. The van der Waals surface area contributed by atoms with E-state index in [0.29, 0.717) is 28.6 Å². The van der Waals surface area contributed by atoms with E-state index in [2.05, 4.69) is 0 Å². The molecule has 0 spiro atoms. The lowest BCUT2D eigenvalue weighted by Gasteiger charge is -2.15. The Balaban J connectivity index is 1.62. The van der Waals surface area contributed by atoms with Crippen LogP contribution in [0.2, 0.25) is 0 Å². The predicted molar refractivity (Wildman–Crippen MR) is 123 cm³/mol. The summed E-state index contributed by atoms with van der Waals surface area (Å²) >= 11 is 1.60. The van der Waals surface area contributed by atoms with Crippen LogP contribution in [0.3, 0.4) is 0 Å².